The van der Waals surface area contributed by atoms with Gasteiger partial charge in [-0.1, -0.05) is 0 Å². The van der Waals surface area contributed by atoms with Gasteiger partial charge in [-0.05, 0) is 36.6 Å². The minimum Gasteiger partial charge on any atom is -0.482 e. The van der Waals surface area contributed by atoms with Crippen molar-refractivity contribution in [2.75, 3.05) is 23.9 Å². The summed E-state index contributed by atoms with van der Waals surface area (Å²) in [5.74, 6) is -0.684. The van der Waals surface area contributed by atoms with E-state index in [0.717, 1.165) is 24.1 Å². The van der Waals surface area contributed by atoms with Crippen LogP contribution in [-0.2, 0) is 16.0 Å². The number of fused-ring (bicyclic) bond motifs is 1. The molecule has 1 amide bonds. The van der Waals surface area contributed by atoms with Gasteiger partial charge in [-0.2, -0.15) is 0 Å². The first-order valence-corrected chi connectivity index (χ1v) is 6.49. The van der Waals surface area contributed by atoms with Crippen LogP contribution in [0.1, 0.15) is 12.0 Å². The second-order valence-electron chi connectivity index (χ2n) is 4.26. The SMILES string of the molecule is O=C(O)COc1ccc2c(c1)CCCN2C(=O)CCl. The first-order valence-electron chi connectivity index (χ1n) is 5.95. The summed E-state index contributed by atoms with van der Waals surface area (Å²) in [5.41, 5.74) is 1.81. The quantitative estimate of drug-likeness (QED) is 0.854. The molecule has 0 spiro atoms. The van der Waals surface area contributed by atoms with Gasteiger partial charge in [0.05, 0.1) is 0 Å². The van der Waals surface area contributed by atoms with E-state index in [0.29, 0.717) is 12.3 Å². The molecule has 19 heavy (non-hydrogen) atoms. The number of aliphatic carboxylic acids is 1. The number of carbonyl (C=O) groups is 2. The third-order valence-corrected chi connectivity index (χ3v) is 3.18. The van der Waals surface area contributed by atoms with Gasteiger partial charge in [0.1, 0.15) is 11.6 Å². The molecule has 0 saturated carbocycles. The third kappa shape index (κ3) is 3.17. The van der Waals surface area contributed by atoms with Gasteiger partial charge in [0, 0.05) is 12.2 Å². The fourth-order valence-electron chi connectivity index (χ4n) is 2.14. The lowest BCUT2D eigenvalue weighted by Crippen LogP contribution is -2.36. The normalized spacial score (nSPS) is 13.8. The van der Waals surface area contributed by atoms with Crippen molar-refractivity contribution in [1.29, 1.82) is 0 Å². The molecule has 1 aliphatic heterocycles. The van der Waals surface area contributed by atoms with E-state index in [1.165, 1.54) is 0 Å². The summed E-state index contributed by atoms with van der Waals surface area (Å²) in [4.78, 5) is 23.8. The standard InChI is InChI=1S/C13H14ClNO4/c14-7-12(16)15-5-1-2-9-6-10(3-4-11(9)15)19-8-13(17)18/h3-4,6H,1-2,5,7-8H2,(H,17,18). The number of ether oxygens (including phenoxy) is 1. The summed E-state index contributed by atoms with van der Waals surface area (Å²) >= 11 is 5.59. The lowest BCUT2D eigenvalue weighted by Gasteiger charge is -2.29. The first-order chi connectivity index (χ1) is 9.11. The van der Waals surface area contributed by atoms with Gasteiger partial charge in [-0.15, -0.1) is 11.6 Å². The molecule has 0 saturated heterocycles. The van der Waals surface area contributed by atoms with Gasteiger partial charge in [-0.3, -0.25) is 4.79 Å². The number of rotatable bonds is 4. The minimum atomic E-state index is -1.02. The average Bonchev–Trinajstić information content (AvgIpc) is 2.43. The molecule has 0 aromatic heterocycles. The van der Waals surface area contributed by atoms with Crippen LogP contribution in [0.25, 0.3) is 0 Å². The highest BCUT2D eigenvalue weighted by Gasteiger charge is 2.22. The summed E-state index contributed by atoms with van der Waals surface area (Å²) in [5, 5.41) is 8.57. The molecule has 1 aromatic rings. The molecule has 0 bridgehead atoms. The predicted octanol–water partition coefficient (Wildman–Crippen LogP) is 1.67. The molecule has 0 unspecified atom stereocenters. The van der Waals surface area contributed by atoms with E-state index in [9.17, 15) is 9.59 Å². The Balaban J connectivity index is 2.20. The molecule has 1 aromatic carbocycles. The average molecular weight is 284 g/mol. The number of anilines is 1. The van der Waals surface area contributed by atoms with Gasteiger partial charge < -0.3 is 14.7 Å². The number of halogens is 1. The summed E-state index contributed by atoms with van der Waals surface area (Å²) in [6.45, 7) is 0.289. The second-order valence-corrected chi connectivity index (χ2v) is 4.52. The highest BCUT2D eigenvalue weighted by molar-refractivity contribution is 6.29. The largest absolute Gasteiger partial charge is 0.482 e. The number of aryl methyl sites for hydroxylation is 1. The van der Waals surface area contributed by atoms with Crippen molar-refractivity contribution in [3.8, 4) is 5.75 Å². The van der Waals surface area contributed by atoms with Crippen LogP contribution in [0.15, 0.2) is 18.2 Å². The Morgan fingerprint density at radius 1 is 1.42 bits per heavy atom. The van der Waals surface area contributed by atoms with Crippen molar-refractivity contribution in [1.82, 2.24) is 0 Å². The molecule has 1 aliphatic rings. The molecule has 0 aliphatic carbocycles. The summed E-state index contributed by atoms with van der Waals surface area (Å²) in [6, 6.07) is 5.23. The molecular weight excluding hydrogens is 270 g/mol. The number of carboxylic acids is 1. The number of alkyl halides is 1. The van der Waals surface area contributed by atoms with Crippen LogP contribution in [0.3, 0.4) is 0 Å². The molecule has 0 radical (unpaired) electrons. The van der Waals surface area contributed by atoms with Crippen LogP contribution in [0, 0.1) is 0 Å². The lowest BCUT2D eigenvalue weighted by atomic mass is 10.0. The number of carboxylic acid groups (broad SMARTS) is 1. The molecule has 102 valence electrons. The fraction of sp³-hybridized carbons (Fsp3) is 0.385. The number of benzene rings is 1. The molecule has 5 nitrogen and oxygen atoms in total. The monoisotopic (exact) mass is 283 g/mol. The zero-order valence-corrected chi connectivity index (χ0v) is 11.0. The molecule has 0 fully saturated rings. The molecule has 1 N–H and O–H groups in total. The van der Waals surface area contributed by atoms with Crippen molar-refractivity contribution in [3.63, 3.8) is 0 Å². The molecule has 1 heterocycles. The van der Waals surface area contributed by atoms with Crippen LogP contribution in [-0.4, -0.2) is 36.0 Å². The zero-order valence-electron chi connectivity index (χ0n) is 10.3. The maximum absolute atomic E-state index is 11.7. The van der Waals surface area contributed by atoms with Crippen LogP contribution in [0.5, 0.6) is 5.75 Å². The maximum atomic E-state index is 11.7. The third-order valence-electron chi connectivity index (χ3n) is 2.95. The Bertz CT molecular complexity index is 503. The summed E-state index contributed by atoms with van der Waals surface area (Å²) in [7, 11) is 0. The van der Waals surface area contributed by atoms with Gasteiger partial charge >= 0.3 is 5.97 Å². The first kappa shape index (κ1) is 13.7. The van der Waals surface area contributed by atoms with E-state index in [1.54, 1.807) is 23.1 Å². The van der Waals surface area contributed by atoms with Crippen LogP contribution in [0.4, 0.5) is 5.69 Å². The Morgan fingerprint density at radius 2 is 2.21 bits per heavy atom. The lowest BCUT2D eigenvalue weighted by molar-refractivity contribution is -0.139. The highest BCUT2D eigenvalue weighted by Crippen LogP contribution is 2.30. The smallest absolute Gasteiger partial charge is 0.341 e. The van der Waals surface area contributed by atoms with Crippen LogP contribution >= 0.6 is 11.6 Å². The molecule has 0 atom stereocenters. The second kappa shape index (κ2) is 5.93. The van der Waals surface area contributed by atoms with Crippen molar-refractivity contribution in [2.24, 2.45) is 0 Å². The number of hydrogen-bond acceptors (Lipinski definition) is 3. The Morgan fingerprint density at radius 3 is 2.89 bits per heavy atom. The zero-order chi connectivity index (χ0) is 13.8. The fourth-order valence-corrected chi connectivity index (χ4v) is 2.28. The number of carbonyl (C=O) groups excluding carboxylic acids is 1. The highest BCUT2D eigenvalue weighted by atomic mass is 35.5. The van der Waals surface area contributed by atoms with Crippen LogP contribution in [0.2, 0.25) is 0 Å². The van der Waals surface area contributed by atoms with Gasteiger partial charge in [-0.25, -0.2) is 4.79 Å². The number of hydrogen-bond donors (Lipinski definition) is 1. The summed E-state index contributed by atoms with van der Waals surface area (Å²) in [6.07, 6.45) is 1.70. The Labute approximate surface area is 115 Å². The number of nitrogens with zero attached hydrogens (tertiary/aromatic N) is 1. The Kier molecular flexibility index (Phi) is 4.27. The summed E-state index contributed by atoms with van der Waals surface area (Å²) < 4.78 is 5.13. The Hall–Kier alpha value is -1.75. The van der Waals surface area contributed by atoms with Crippen molar-refractivity contribution in [3.05, 3.63) is 23.8 Å². The van der Waals surface area contributed by atoms with Crippen molar-refractivity contribution < 1.29 is 19.4 Å². The van der Waals surface area contributed by atoms with E-state index in [4.69, 9.17) is 21.4 Å². The molecular formula is C13H14ClNO4. The van der Waals surface area contributed by atoms with E-state index >= 15 is 0 Å². The van der Waals surface area contributed by atoms with E-state index in [2.05, 4.69) is 0 Å². The van der Waals surface area contributed by atoms with Crippen molar-refractivity contribution in [2.45, 2.75) is 12.8 Å². The predicted molar refractivity (Wildman–Crippen MR) is 71.0 cm³/mol. The maximum Gasteiger partial charge on any atom is 0.341 e. The van der Waals surface area contributed by atoms with Gasteiger partial charge in [0.25, 0.3) is 0 Å². The van der Waals surface area contributed by atoms with E-state index in [-0.39, 0.29) is 18.4 Å². The van der Waals surface area contributed by atoms with E-state index in [1.807, 2.05) is 0 Å². The molecule has 2 rings (SSSR count). The topological polar surface area (TPSA) is 66.8 Å². The minimum absolute atomic E-state index is 0.0449. The van der Waals surface area contributed by atoms with E-state index < -0.39 is 5.97 Å². The molecule has 6 heteroatoms. The van der Waals surface area contributed by atoms with Gasteiger partial charge in [0.15, 0.2) is 6.61 Å². The van der Waals surface area contributed by atoms with Crippen molar-refractivity contribution >= 4 is 29.2 Å². The van der Waals surface area contributed by atoms with Gasteiger partial charge in [0.2, 0.25) is 5.91 Å². The number of amides is 1. The van der Waals surface area contributed by atoms with Crippen LogP contribution < -0.4 is 9.64 Å².